The minimum Gasteiger partial charge on any atom is -0.346 e. The maximum absolute atomic E-state index is 12.1. The molecular formula is C17H31N3O2S. The Balaban J connectivity index is 1.54. The molecule has 2 saturated heterocycles. The van der Waals surface area contributed by atoms with Crippen LogP contribution in [0.4, 0.5) is 4.79 Å². The van der Waals surface area contributed by atoms with Crippen LogP contribution in [0.25, 0.3) is 0 Å². The summed E-state index contributed by atoms with van der Waals surface area (Å²) in [5.74, 6) is 1.28. The van der Waals surface area contributed by atoms with Gasteiger partial charge < -0.3 is 15.5 Å². The normalized spacial score (nSPS) is 25.8. The van der Waals surface area contributed by atoms with Crippen molar-refractivity contribution in [3.63, 3.8) is 0 Å². The molecular weight excluding hydrogens is 310 g/mol. The van der Waals surface area contributed by atoms with Crippen molar-refractivity contribution in [2.75, 3.05) is 19.3 Å². The molecule has 3 atom stereocenters. The lowest BCUT2D eigenvalue weighted by Gasteiger charge is -2.18. The highest BCUT2D eigenvalue weighted by atomic mass is 32.2. The number of carbonyl (C=O) groups is 2. The van der Waals surface area contributed by atoms with Crippen molar-refractivity contribution in [2.24, 2.45) is 0 Å². The van der Waals surface area contributed by atoms with Crippen molar-refractivity contribution in [3.05, 3.63) is 0 Å². The number of fused-ring (bicyclic) bond motifs is 1. The molecule has 0 spiro atoms. The number of hydrogen-bond acceptors (Lipinski definition) is 3. The number of thioether (sulfide) groups is 1. The average molecular weight is 342 g/mol. The Kier molecular flexibility index (Phi) is 7.53. The summed E-state index contributed by atoms with van der Waals surface area (Å²) in [4.78, 5) is 25.3. The molecule has 5 nitrogen and oxygen atoms in total. The average Bonchev–Trinajstić information content (AvgIpc) is 3.07. The fourth-order valence-electron chi connectivity index (χ4n) is 3.36. The zero-order valence-electron chi connectivity index (χ0n) is 14.5. The number of hydrogen-bond donors (Lipinski definition) is 2. The van der Waals surface area contributed by atoms with Gasteiger partial charge in [-0.25, -0.2) is 4.79 Å². The molecule has 2 aliphatic heterocycles. The summed E-state index contributed by atoms with van der Waals surface area (Å²) in [6.07, 6.45) is 8.57. The van der Waals surface area contributed by atoms with E-state index in [9.17, 15) is 9.59 Å². The van der Waals surface area contributed by atoms with Crippen LogP contribution in [0.3, 0.4) is 0 Å². The molecule has 0 aliphatic carbocycles. The summed E-state index contributed by atoms with van der Waals surface area (Å²) in [6, 6.07) is 0.558. The van der Waals surface area contributed by atoms with Crippen LogP contribution >= 0.6 is 11.8 Å². The third-order valence-electron chi connectivity index (χ3n) is 4.84. The molecule has 6 heteroatoms. The number of nitrogens with one attached hydrogen (secondary N) is 2. The molecule has 2 N–H and O–H groups in total. The van der Waals surface area contributed by atoms with Gasteiger partial charge in [-0.1, -0.05) is 32.6 Å². The first-order valence-electron chi connectivity index (χ1n) is 9.04. The van der Waals surface area contributed by atoms with Gasteiger partial charge in [0.2, 0.25) is 5.91 Å². The number of carbonyl (C=O) groups excluding carboxylic acids is 2. The SMILES string of the molecule is CCCCCCN(C)C(=O)CCCCC1SCC2NC(=O)NC21. The molecule has 132 valence electrons. The third kappa shape index (κ3) is 5.59. The predicted octanol–water partition coefficient (Wildman–Crippen LogP) is 2.75. The Morgan fingerprint density at radius 2 is 2.04 bits per heavy atom. The zero-order chi connectivity index (χ0) is 16.7. The van der Waals surface area contributed by atoms with E-state index >= 15 is 0 Å². The highest BCUT2D eigenvalue weighted by molar-refractivity contribution is 8.00. The fourth-order valence-corrected chi connectivity index (χ4v) is 4.90. The van der Waals surface area contributed by atoms with Gasteiger partial charge in [-0.3, -0.25) is 4.79 Å². The van der Waals surface area contributed by atoms with Crippen LogP contribution in [-0.4, -0.2) is 53.5 Å². The van der Waals surface area contributed by atoms with Crippen molar-refractivity contribution < 1.29 is 9.59 Å². The number of nitrogens with zero attached hydrogens (tertiary/aromatic N) is 1. The fraction of sp³-hybridized carbons (Fsp3) is 0.882. The number of unbranched alkanes of at least 4 members (excludes halogenated alkanes) is 4. The lowest BCUT2D eigenvalue weighted by Crippen LogP contribution is -2.36. The minimum atomic E-state index is -0.0230. The van der Waals surface area contributed by atoms with E-state index in [1.807, 2.05) is 23.7 Å². The molecule has 3 unspecified atom stereocenters. The standard InChI is InChI=1S/C17H31N3O2S/c1-3-4-5-8-11-20(2)15(21)10-7-6-9-14-16-13(12-23-14)18-17(22)19-16/h13-14,16H,3-12H2,1-2H3,(H2,18,19,22). The van der Waals surface area contributed by atoms with Gasteiger partial charge in [-0.05, 0) is 19.3 Å². The first kappa shape index (κ1) is 18.4. The lowest BCUT2D eigenvalue weighted by atomic mass is 10.0. The summed E-state index contributed by atoms with van der Waals surface area (Å²) in [5, 5.41) is 6.49. The van der Waals surface area contributed by atoms with Crippen LogP contribution in [0, 0.1) is 0 Å². The van der Waals surface area contributed by atoms with E-state index in [4.69, 9.17) is 0 Å². The molecule has 23 heavy (non-hydrogen) atoms. The van der Waals surface area contributed by atoms with Crippen LogP contribution in [-0.2, 0) is 4.79 Å². The molecule has 2 rings (SSSR count). The Bertz CT molecular complexity index is 405. The second-order valence-corrected chi connectivity index (χ2v) is 8.02. The lowest BCUT2D eigenvalue weighted by molar-refractivity contribution is -0.130. The maximum atomic E-state index is 12.1. The Hall–Kier alpha value is -0.910. The van der Waals surface area contributed by atoms with Crippen molar-refractivity contribution in [1.29, 1.82) is 0 Å². The van der Waals surface area contributed by atoms with Gasteiger partial charge in [0.05, 0.1) is 12.1 Å². The molecule has 0 saturated carbocycles. The summed E-state index contributed by atoms with van der Waals surface area (Å²) in [5.41, 5.74) is 0. The topological polar surface area (TPSA) is 61.4 Å². The summed E-state index contributed by atoms with van der Waals surface area (Å²) in [6.45, 7) is 3.09. The summed E-state index contributed by atoms with van der Waals surface area (Å²) < 4.78 is 0. The van der Waals surface area contributed by atoms with Crippen LogP contribution < -0.4 is 10.6 Å². The third-order valence-corrected chi connectivity index (χ3v) is 6.35. The second kappa shape index (κ2) is 9.40. The molecule has 2 fully saturated rings. The monoisotopic (exact) mass is 341 g/mol. The van der Waals surface area contributed by atoms with Gasteiger partial charge in [-0.15, -0.1) is 0 Å². The van der Waals surface area contributed by atoms with E-state index in [1.54, 1.807) is 0 Å². The molecule has 3 amide bonds. The van der Waals surface area contributed by atoms with Gasteiger partial charge in [0.25, 0.3) is 0 Å². The van der Waals surface area contributed by atoms with Gasteiger partial charge >= 0.3 is 6.03 Å². The molecule has 2 aliphatic rings. The van der Waals surface area contributed by atoms with Gasteiger partial charge in [0.15, 0.2) is 0 Å². The molecule has 0 aromatic carbocycles. The van der Waals surface area contributed by atoms with Crippen molar-refractivity contribution >= 4 is 23.7 Å². The van der Waals surface area contributed by atoms with E-state index in [2.05, 4.69) is 17.6 Å². The molecule has 0 bridgehead atoms. The van der Waals surface area contributed by atoms with E-state index in [1.165, 1.54) is 19.3 Å². The first-order chi connectivity index (χ1) is 11.1. The largest absolute Gasteiger partial charge is 0.346 e. The van der Waals surface area contributed by atoms with E-state index in [0.717, 1.165) is 38.0 Å². The van der Waals surface area contributed by atoms with Gasteiger partial charge in [0.1, 0.15) is 0 Å². The van der Waals surface area contributed by atoms with Crippen LogP contribution in [0.15, 0.2) is 0 Å². The zero-order valence-corrected chi connectivity index (χ0v) is 15.3. The molecule has 0 aromatic rings. The number of amides is 3. The first-order valence-corrected chi connectivity index (χ1v) is 10.1. The summed E-state index contributed by atoms with van der Waals surface area (Å²) in [7, 11) is 1.92. The smallest absolute Gasteiger partial charge is 0.315 e. The second-order valence-electron chi connectivity index (χ2n) is 6.74. The molecule has 0 radical (unpaired) electrons. The van der Waals surface area contributed by atoms with Gasteiger partial charge in [-0.2, -0.15) is 11.8 Å². The summed E-state index contributed by atoms with van der Waals surface area (Å²) >= 11 is 1.94. The van der Waals surface area contributed by atoms with Crippen molar-refractivity contribution in [2.45, 2.75) is 75.6 Å². The Morgan fingerprint density at radius 3 is 2.83 bits per heavy atom. The highest BCUT2D eigenvalue weighted by Crippen LogP contribution is 2.33. The van der Waals surface area contributed by atoms with Crippen molar-refractivity contribution in [3.8, 4) is 0 Å². The highest BCUT2D eigenvalue weighted by Gasteiger charge is 2.42. The van der Waals surface area contributed by atoms with Crippen LogP contribution in [0.1, 0.15) is 58.3 Å². The Labute approximate surface area is 144 Å². The van der Waals surface area contributed by atoms with Gasteiger partial charge in [0, 0.05) is 31.0 Å². The quantitative estimate of drug-likeness (QED) is 0.474. The number of rotatable bonds is 10. The van der Waals surface area contributed by atoms with Crippen molar-refractivity contribution in [1.82, 2.24) is 15.5 Å². The predicted molar refractivity (Wildman–Crippen MR) is 95.7 cm³/mol. The maximum Gasteiger partial charge on any atom is 0.315 e. The van der Waals surface area contributed by atoms with E-state index < -0.39 is 0 Å². The van der Waals surface area contributed by atoms with Crippen LogP contribution in [0.5, 0.6) is 0 Å². The van der Waals surface area contributed by atoms with E-state index in [-0.39, 0.29) is 18.0 Å². The van der Waals surface area contributed by atoms with Crippen LogP contribution in [0.2, 0.25) is 0 Å². The number of urea groups is 1. The molecule has 2 heterocycles. The Morgan fingerprint density at radius 1 is 1.22 bits per heavy atom. The minimum absolute atomic E-state index is 0.0230. The molecule has 0 aromatic heterocycles. The van der Waals surface area contributed by atoms with E-state index in [0.29, 0.717) is 17.7 Å².